The van der Waals surface area contributed by atoms with Gasteiger partial charge in [-0.3, -0.25) is 4.90 Å². The fourth-order valence-electron chi connectivity index (χ4n) is 2.64. The zero-order valence-electron chi connectivity index (χ0n) is 11.4. The Morgan fingerprint density at radius 2 is 2.35 bits per heavy atom. The SMILES string of the molecule is CC(N)C1CCN(Cc2nc3ccc(F)cc3s2)C1.Cl. The minimum Gasteiger partial charge on any atom is -0.328 e. The van der Waals surface area contributed by atoms with Crippen LogP contribution < -0.4 is 5.73 Å². The Morgan fingerprint density at radius 3 is 3.05 bits per heavy atom. The summed E-state index contributed by atoms with van der Waals surface area (Å²) >= 11 is 1.58. The van der Waals surface area contributed by atoms with Gasteiger partial charge in [-0.1, -0.05) is 0 Å². The van der Waals surface area contributed by atoms with Gasteiger partial charge < -0.3 is 5.73 Å². The van der Waals surface area contributed by atoms with E-state index in [1.54, 1.807) is 23.5 Å². The first-order valence-corrected chi connectivity index (χ1v) is 7.46. The minimum atomic E-state index is -0.194. The van der Waals surface area contributed by atoms with Crippen LogP contribution in [-0.2, 0) is 6.54 Å². The van der Waals surface area contributed by atoms with Gasteiger partial charge in [-0.25, -0.2) is 9.37 Å². The molecular weight excluding hydrogens is 297 g/mol. The lowest BCUT2D eigenvalue weighted by molar-refractivity contribution is 0.308. The molecule has 0 aliphatic carbocycles. The average molecular weight is 316 g/mol. The number of thiazole rings is 1. The minimum absolute atomic E-state index is 0. The van der Waals surface area contributed by atoms with E-state index in [2.05, 4.69) is 16.8 Å². The van der Waals surface area contributed by atoms with Crippen molar-refractivity contribution in [2.24, 2.45) is 11.7 Å². The Morgan fingerprint density at radius 1 is 1.55 bits per heavy atom. The van der Waals surface area contributed by atoms with Crippen LogP contribution in [0.3, 0.4) is 0 Å². The molecule has 0 spiro atoms. The molecule has 2 N–H and O–H groups in total. The van der Waals surface area contributed by atoms with Gasteiger partial charge in [0, 0.05) is 12.6 Å². The fraction of sp³-hybridized carbons (Fsp3) is 0.500. The molecule has 0 bridgehead atoms. The number of hydrogen-bond acceptors (Lipinski definition) is 4. The summed E-state index contributed by atoms with van der Waals surface area (Å²) < 4.78 is 14.1. The maximum absolute atomic E-state index is 13.1. The van der Waals surface area contributed by atoms with Crippen LogP contribution in [0.2, 0.25) is 0 Å². The van der Waals surface area contributed by atoms with E-state index in [4.69, 9.17) is 5.73 Å². The Labute approximate surface area is 128 Å². The van der Waals surface area contributed by atoms with E-state index in [0.717, 1.165) is 41.3 Å². The number of hydrogen-bond donors (Lipinski definition) is 1. The summed E-state index contributed by atoms with van der Waals surface area (Å²) in [6.07, 6.45) is 1.16. The first-order valence-electron chi connectivity index (χ1n) is 6.65. The van der Waals surface area contributed by atoms with E-state index in [-0.39, 0.29) is 24.3 Å². The number of aromatic nitrogens is 1. The van der Waals surface area contributed by atoms with Crippen molar-refractivity contribution in [1.29, 1.82) is 0 Å². The van der Waals surface area contributed by atoms with E-state index in [0.29, 0.717) is 5.92 Å². The molecule has 110 valence electrons. The summed E-state index contributed by atoms with van der Waals surface area (Å²) in [5, 5.41) is 1.06. The second-order valence-electron chi connectivity index (χ2n) is 5.36. The van der Waals surface area contributed by atoms with Crippen molar-refractivity contribution in [2.45, 2.75) is 25.9 Å². The van der Waals surface area contributed by atoms with Crippen LogP contribution in [0.4, 0.5) is 4.39 Å². The summed E-state index contributed by atoms with van der Waals surface area (Å²) in [4.78, 5) is 6.96. The Balaban J connectivity index is 0.00000147. The van der Waals surface area contributed by atoms with Crippen molar-refractivity contribution >= 4 is 34.0 Å². The third-order valence-electron chi connectivity index (χ3n) is 3.81. The lowest BCUT2D eigenvalue weighted by Gasteiger charge is -2.16. The zero-order valence-corrected chi connectivity index (χ0v) is 13.0. The van der Waals surface area contributed by atoms with Gasteiger partial charge >= 0.3 is 0 Å². The molecule has 3 nitrogen and oxygen atoms in total. The highest BCUT2D eigenvalue weighted by Crippen LogP contribution is 2.26. The summed E-state index contributed by atoms with van der Waals surface area (Å²) in [5.41, 5.74) is 6.84. The molecule has 2 aromatic rings. The molecule has 1 aromatic heterocycles. The van der Waals surface area contributed by atoms with E-state index >= 15 is 0 Å². The van der Waals surface area contributed by atoms with Gasteiger partial charge in [-0.05, 0) is 44.0 Å². The summed E-state index contributed by atoms with van der Waals surface area (Å²) in [6, 6.07) is 5.04. The van der Waals surface area contributed by atoms with Crippen LogP contribution in [0.15, 0.2) is 18.2 Å². The predicted molar refractivity (Wildman–Crippen MR) is 83.9 cm³/mol. The molecular formula is C14H19ClFN3S. The molecule has 0 radical (unpaired) electrons. The maximum Gasteiger partial charge on any atom is 0.124 e. The molecule has 2 heterocycles. The molecule has 1 saturated heterocycles. The van der Waals surface area contributed by atoms with Crippen molar-refractivity contribution in [1.82, 2.24) is 9.88 Å². The number of fused-ring (bicyclic) bond motifs is 1. The van der Waals surface area contributed by atoms with Gasteiger partial charge in [0.05, 0.1) is 16.8 Å². The molecule has 0 amide bonds. The molecule has 1 fully saturated rings. The van der Waals surface area contributed by atoms with Gasteiger partial charge in [0.1, 0.15) is 10.8 Å². The third-order valence-corrected chi connectivity index (χ3v) is 4.81. The highest BCUT2D eigenvalue weighted by atomic mass is 35.5. The molecule has 1 aliphatic heterocycles. The fourth-order valence-corrected chi connectivity index (χ4v) is 3.68. The van der Waals surface area contributed by atoms with Crippen molar-refractivity contribution in [3.05, 3.63) is 29.0 Å². The zero-order chi connectivity index (χ0) is 13.4. The second kappa shape index (κ2) is 6.35. The highest BCUT2D eigenvalue weighted by Gasteiger charge is 2.25. The number of nitrogens with zero attached hydrogens (tertiary/aromatic N) is 2. The van der Waals surface area contributed by atoms with Gasteiger partial charge in [0.2, 0.25) is 0 Å². The molecule has 1 aliphatic rings. The standard InChI is InChI=1S/C14H18FN3S.ClH/c1-9(16)10-4-5-18(7-10)8-14-17-12-3-2-11(15)6-13(12)19-14;/h2-3,6,9-10H,4-5,7-8,16H2,1H3;1H. The Hall–Kier alpha value is -0.750. The topological polar surface area (TPSA) is 42.1 Å². The number of rotatable bonds is 3. The normalized spacial score (nSPS) is 21.1. The van der Waals surface area contributed by atoms with Crippen molar-refractivity contribution < 1.29 is 4.39 Å². The highest BCUT2D eigenvalue weighted by molar-refractivity contribution is 7.18. The van der Waals surface area contributed by atoms with E-state index in [1.165, 1.54) is 6.07 Å². The van der Waals surface area contributed by atoms with Crippen molar-refractivity contribution in [3.63, 3.8) is 0 Å². The van der Waals surface area contributed by atoms with Crippen LogP contribution in [0.25, 0.3) is 10.2 Å². The van der Waals surface area contributed by atoms with Gasteiger partial charge in [0.25, 0.3) is 0 Å². The largest absolute Gasteiger partial charge is 0.328 e. The van der Waals surface area contributed by atoms with E-state index < -0.39 is 0 Å². The maximum atomic E-state index is 13.1. The van der Waals surface area contributed by atoms with Crippen LogP contribution >= 0.6 is 23.7 Å². The van der Waals surface area contributed by atoms with Gasteiger partial charge in [0.15, 0.2) is 0 Å². The number of nitrogens with two attached hydrogens (primary N) is 1. The first-order chi connectivity index (χ1) is 9.11. The van der Waals surface area contributed by atoms with E-state index in [9.17, 15) is 4.39 Å². The number of likely N-dealkylation sites (tertiary alicyclic amines) is 1. The van der Waals surface area contributed by atoms with Crippen molar-refractivity contribution in [2.75, 3.05) is 13.1 Å². The molecule has 2 atom stereocenters. The van der Waals surface area contributed by atoms with Gasteiger partial charge in [-0.15, -0.1) is 23.7 Å². The number of halogens is 2. The summed E-state index contributed by atoms with van der Waals surface area (Å²) in [7, 11) is 0. The monoisotopic (exact) mass is 315 g/mol. The van der Waals surface area contributed by atoms with Crippen LogP contribution in [0, 0.1) is 11.7 Å². The average Bonchev–Trinajstić information content (AvgIpc) is 2.95. The van der Waals surface area contributed by atoms with Crippen LogP contribution in [0.5, 0.6) is 0 Å². The van der Waals surface area contributed by atoms with Crippen molar-refractivity contribution in [3.8, 4) is 0 Å². The smallest absolute Gasteiger partial charge is 0.124 e. The lowest BCUT2D eigenvalue weighted by Crippen LogP contribution is -2.29. The molecule has 0 saturated carbocycles. The Bertz CT molecular complexity index is 587. The number of benzene rings is 1. The van der Waals surface area contributed by atoms with E-state index in [1.807, 2.05) is 0 Å². The van der Waals surface area contributed by atoms with Crippen LogP contribution in [-0.4, -0.2) is 29.0 Å². The predicted octanol–water partition coefficient (Wildman–Crippen LogP) is 3.03. The lowest BCUT2D eigenvalue weighted by atomic mass is 10.0. The molecule has 20 heavy (non-hydrogen) atoms. The first kappa shape index (κ1) is 15.6. The second-order valence-corrected chi connectivity index (χ2v) is 6.48. The molecule has 6 heteroatoms. The molecule has 1 aromatic carbocycles. The quantitative estimate of drug-likeness (QED) is 0.946. The van der Waals surface area contributed by atoms with Crippen LogP contribution in [0.1, 0.15) is 18.4 Å². The molecule has 2 unspecified atom stereocenters. The summed E-state index contributed by atoms with van der Waals surface area (Å²) in [6.45, 7) is 5.05. The molecule has 3 rings (SSSR count). The third kappa shape index (κ3) is 3.28. The Kier molecular flexibility index (Phi) is 4.96. The van der Waals surface area contributed by atoms with Gasteiger partial charge in [-0.2, -0.15) is 0 Å². The summed E-state index contributed by atoms with van der Waals surface area (Å²) in [5.74, 6) is 0.396.